The van der Waals surface area contributed by atoms with Crippen LogP contribution in [0, 0.1) is 5.92 Å². The van der Waals surface area contributed by atoms with E-state index < -0.39 is 11.9 Å². The first kappa shape index (κ1) is 14.8. The summed E-state index contributed by atoms with van der Waals surface area (Å²) in [4.78, 5) is 22.9. The van der Waals surface area contributed by atoms with Crippen LogP contribution in [0.3, 0.4) is 0 Å². The van der Waals surface area contributed by atoms with Gasteiger partial charge in [0.1, 0.15) is 6.04 Å². The Kier molecular flexibility index (Phi) is 4.74. The van der Waals surface area contributed by atoms with Gasteiger partial charge in [-0.25, -0.2) is 0 Å². The zero-order valence-electron chi connectivity index (χ0n) is 11.4. The van der Waals surface area contributed by atoms with Gasteiger partial charge in [-0.1, -0.05) is 13.8 Å². The third kappa shape index (κ3) is 3.61. The standard InChI is InChI=1S/C13H20N4O2/c1-7(2)11(12(15)18)17-10-6-8(13(19)16-3)4-5-9(10)14/h4-7,11,17H,14H2,1-3H3,(H2,15,18)(H,16,19). The van der Waals surface area contributed by atoms with Gasteiger partial charge in [0.2, 0.25) is 5.91 Å². The summed E-state index contributed by atoms with van der Waals surface area (Å²) in [5, 5.41) is 5.51. The number of anilines is 2. The van der Waals surface area contributed by atoms with E-state index in [0.29, 0.717) is 16.9 Å². The van der Waals surface area contributed by atoms with Gasteiger partial charge >= 0.3 is 0 Å². The number of nitrogens with one attached hydrogen (secondary N) is 2. The molecule has 6 N–H and O–H groups in total. The van der Waals surface area contributed by atoms with Crippen molar-refractivity contribution in [1.82, 2.24) is 5.32 Å². The minimum absolute atomic E-state index is 0.0144. The van der Waals surface area contributed by atoms with Crippen molar-refractivity contribution in [3.05, 3.63) is 23.8 Å². The zero-order chi connectivity index (χ0) is 14.6. The molecule has 1 aromatic rings. The van der Waals surface area contributed by atoms with E-state index in [-0.39, 0.29) is 11.8 Å². The highest BCUT2D eigenvalue weighted by Gasteiger charge is 2.20. The Labute approximate surface area is 112 Å². The molecular formula is C13H20N4O2. The van der Waals surface area contributed by atoms with Gasteiger partial charge in [0.15, 0.2) is 0 Å². The van der Waals surface area contributed by atoms with E-state index >= 15 is 0 Å². The van der Waals surface area contributed by atoms with Crippen LogP contribution in [0.2, 0.25) is 0 Å². The Morgan fingerprint density at radius 2 is 1.89 bits per heavy atom. The smallest absolute Gasteiger partial charge is 0.251 e. The van der Waals surface area contributed by atoms with Crippen molar-refractivity contribution in [3.63, 3.8) is 0 Å². The summed E-state index contributed by atoms with van der Waals surface area (Å²) < 4.78 is 0. The number of nitrogen functional groups attached to an aromatic ring is 1. The van der Waals surface area contributed by atoms with Gasteiger partial charge in [-0.05, 0) is 24.1 Å². The number of amides is 2. The van der Waals surface area contributed by atoms with Gasteiger partial charge in [0, 0.05) is 12.6 Å². The monoisotopic (exact) mass is 264 g/mol. The predicted octanol–water partition coefficient (Wildman–Crippen LogP) is 0.550. The third-order valence-electron chi connectivity index (χ3n) is 2.83. The summed E-state index contributed by atoms with van der Waals surface area (Å²) in [6, 6.07) is 4.30. The van der Waals surface area contributed by atoms with E-state index in [1.54, 1.807) is 25.2 Å². The van der Waals surface area contributed by atoms with E-state index in [4.69, 9.17) is 11.5 Å². The molecule has 2 amide bonds. The molecule has 0 spiro atoms. The summed E-state index contributed by atoms with van der Waals surface area (Å²) in [6.07, 6.45) is 0. The lowest BCUT2D eigenvalue weighted by Crippen LogP contribution is -2.39. The Morgan fingerprint density at radius 1 is 1.26 bits per heavy atom. The molecule has 0 heterocycles. The second-order valence-electron chi connectivity index (χ2n) is 4.65. The van der Waals surface area contributed by atoms with Crippen LogP contribution in [0.25, 0.3) is 0 Å². The van der Waals surface area contributed by atoms with Crippen molar-refractivity contribution >= 4 is 23.2 Å². The van der Waals surface area contributed by atoms with Crippen LogP contribution in [0.5, 0.6) is 0 Å². The van der Waals surface area contributed by atoms with Crippen LogP contribution in [-0.2, 0) is 4.79 Å². The van der Waals surface area contributed by atoms with Crippen LogP contribution >= 0.6 is 0 Å². The lowest BCUT2D eigenvalue weighted by atomic mass is 10.0. The summed E-state index contributed by atoms with van der Waals surface area (Å²) in [6.45, 7) is 3.75. The fourth-order valence-electron chi connectivity index (χ4n) is 1.70. The highest BCUT2D eigenvalue weighted by atomic mass is 16.2. The molecule has 0 bridgehead atoms. The molecule has 0 saturated heterocycles. The normalized spacial score (nSPS) is 12.0. The number of primary amides is 1. The topological polar surface area (TPSA) is 110 Å². The van der Waals surface area contributed by atoms with Crippen molar-refractivity contribution in [1.29, 1.82) is 0 Å². The Bertz CT molecular complexity index is 486. The van der Waals surface area contributed by atoms with Crippen LogP contribution in [0.4, 0.5) is 11.4 Å². The maximum atomic E-state index is 11.6. The van der Waals surface area contributed by atoms with Crippen molar-refractivity contribution in [3.8, 4) is 0 Å². The quantitative estimate of drug-likeness (QED) is 0.582. The Morgan fingerprint density at radius 3 is 2.37 bits per heavy atom. The number of nitrogens with two attached hydrogens (primary N) is 2. The first-order valence-corrected chi connectivity index (χ1v) is 6.04. The number of rotatable bonds is 5. The van der Waals surface area contributed by atoms with Gasteiger partial charge in [-0.3, -0.25) is 9.59 Å². The molecule has 0 aliphatic carbocycles. The first-order chi connectivity index (χ1) is 8.86. The van der Waals surface area contributed by atoms with Gasteiger partial charge in [-0.15, -0.1) is 0 Å². The summed E-state index contributed by atoms with van der Waals surface area (Å²) in [7, 11) is 1.55. The minimum Gasteiger partial charge on any atom is -0.397 e. The maximum Gasteiger partial charge on any atom is 0.251 e. The molecule has 1 aromatic carbocycles. The van der Waals surface area contributed by atoms with E-state index in [9.17, 15) is 9.59 Å². The molecule has 0 aromatic heterocycles. The molecule has 104 valence electrons. The number of benzene rings is 1. The lowest BCUT2D eigenvalue weighted by molar-refractivity contribution is -0.119. The van der Waals surface area contributed by atoms with Crippen molar-refractivity contribution < 1.29 is 9.59 Å². The second kappa shape index (κ2) is 6.08. The highest BCUT2D eigenvalue weighted by molar-refractivity contribution is 5.96. The van der Waals surface area contributed by atoms with Crippen molar-refractivity contribution in [2.24, 2.45) is 11.7 Å². The molecule has 1 atom stereocenters. The van der Waals surface area contributed by atoms with Gasteiger partial charge < -0.3 is 22.1 Å². The van der Waals surface area contributed by atoms with Gasteiger partial charge in [-0.2, -0.15) is 0 Å². The van der Waals surface area contributed by atoms with E-state index in [0.717, 1.165) is 0 Å². The van der Waals surface area contributed by atoms with Crippen LogP contribution in [0.15, 0.2) is 18.2 Å². The highest BCUT2D eigenvalue weighted by Crippen LogP contribution is 2.22. The molecule has 6 nitrogen and oxygen atoms in total. The van der Waals surface area contributed by atoms with Crippen molar-refractivity contribution in [2.75, 3.05) is 18.1 Å². The summed E-state index contributed by atoms with van der Waals surface area (Å²) >= 11 is 0. The average molecular weight is 264 g/mol. The molecule has 0 radical (unpaired) electrons. The number of hydrogen-bond acceptors (Lipinski definition) is 4. The Balaban J connectivity index is 3.05. The molecule has 6 heteroatoms. The SMILES string of the molecule is CNC(=O)c1ccc(N)c(NC(C(N)=O)C(C)C)c1. The predicted molar refractivity (Wildman–Crippen MR) is 75.7 cm³/mol. The van der Waals surface area contributed by atoms with Crippen molar-refractivity contribution in [2.45, 2.75) is 19.9 Å². The zero-order valence-corrected chi connectivity index (χ0v) is 11.4. The molecule has 0 aliphatic heterocycles. The van der Waals surface area contributed by atoms with Gasteiger partial charge in [0.25, 0.3) is 5.91 Å². The fraction of sp³-hybridized carbons (Fsp3) is 0.385. The maximum absolute atomic E-state index is 11.6. The van der Waals surface area contributed by atoms with Crippen LogP contribution < -0.4 is 22.1 Å². The molecule has 0 fully saturated rings. The first-order valence-electron chi connectivity index (χ1n) is 6.04. The summed E-state index contributed by atoms with van der Waals surface area (Å²) in [5.41, 5.74) is 12.6. The molecule has 1 rings (SSSR count). The summed E-state index contributed by atoms with van der Waals surface area (Å²) in [5.74, 6) is -0.663. The van der Waals surface area contributed by atoms with Crippen LogP contribution in [-0.4, -0.2) is 24.9 Å². The second-order valence-corrected chi connectivity index (χ2v) is 4.65. The minimum atomic E-state index is -0.540. The molecule has 0 aliphatic rings. The van der Waals surface area contributed by atoms with Crippen LogP contribution in [0.1, 0.15) is 24.2 Å². The molecular weight excluding hydrogens is 244 g/mol. The van der Waals surface area contributed by atoms with Gasteiger partial charge in [0.05, 0.1) is 11.4 Å². The molecule has 19 heavy (non-hydrogen) atoms. The number of carbonyl (C=O) groups excluding carboxylic acids is 2. The molecule has 0 saturated carbocycles. The van der Waals surface area contributed by atoms with E-state index in [1.807, 2.05) is 13.8 Å². The third-order valence-corrected chi connectivity index (χ3v) is 2.83. The fourth-order valence-corrected chi connectivity index (χ4v) is 1.70. The Hall–Kier alpha value is -2.24. The lowest BCUT2D eigenvalue weighted by Gasteiger charge is -2.21. The number of hydrogen-bond donors (Lipinski definition) is 4. The molecule has 1 unspecified atom stereocenters. The van der Waals surface area contributed by atoms with E-state index in [1.165, 1.54) is 0 Å². The number of carbonyl (C=O) groups is 2. The largest absolute Gasteiger partial charge is 0.397 e. The van der Waals surface area contributed by atoms with E-state index in [2.05, 4.69) is 10.6 Å². The average Bonchev–Trinajstić information content (AvgIpc) is 2.35.